The molecule has 0 fully saturated rings. The van der Waals surface area contributed by atoms with Crippen molar-refractivity contribution < 1.29 is 15.0 Å². The van der Waals surface area contributed by atoms with E-state index in [1.54, 1.807) is 11.7 Å². The Kier molecular flexibility index (Phi) is 5.30. The van der Waals surface area contributed by atoms with Crippen LogP contribution in [0.25, 0.3) is 0 Å². The van der Waals surface area contributed by atoms with E-state index in [-0.39, 0.29) is 18.2 Å². The average molecular weight is 255 g/mol. The molecule has 0 saturated carbocycles. The molecule has 0 amide bonds. The highest BCUT2D eigenvalue weighted by Crippen LogP contribution is 2.09. The van der Waals surface area contributed by atoms with Crippen molar-refractivity contribution in [2.24, 2.45) is 13.0 Å². The summed E-state index contributed by atoms with van der Waals surface area (Å²) >= 11 is 0. The lowest BCUT2D eigenvalue weighted by Crippen LogP contribution is -2.34. The summed E-state index contributed by atoms with van der Waals surface area (Å²) in [6.45, 7) is 4.59. The summed E-state index contributed by atoms with van der Waals surface area (Å²) in [5.74, 6) is -0.510. The molecule has 3 N–H and O–H groups in total. The Hall–Kier alpha value is -1.40. The van der Waals surface area contributed by atoms with Gasteiger partial charge in [0.1, 0.15) is 5.56 Å². The molecular weight excluding hydrogens is 234 g/mol. The standard InChI is InChI=1S/C12H21N3O3/c1-8(2)4-9(7-16)13-6-11-10(12(17)18)5-14-15(11)3/h5,8-9,13,16H,4,6-7H2,1-3H3,(H,17,18). The normalized spacial score (nSPS) is 12.9. The first-order valence-corrected chi connectivity index (χ1v) is 6.04. The second kappa shape index (κ2) is 6.51. The number of hydrogen-bond acceptors (Lipinski definition) is 4. The molecule has 0 aliphatic carbocycles. The lowest BCUT2D eigenvalue weighted by molar-refractivity contribution is 0.0695. The number of aryl methyl sites for hydroxylation is 1. The van der Waals surface area contributed by atoms with Crippen molar-refractivity contribution in [3.63, 3.8) is 0 Å². The summed E-state index contributed by atoms with van der Waals surface area (Å²) < 4.78 is 1.54. The first-order chi connectivity index (χ1) is 8.45. The highest BCUT2D eigenvalue weighted by molar-refractivity contribution is 5.88. The van der Waals surface area contributed by atoms with Crippen LogP contribution in [0.4, 0.5) is 0 Å². The molecule has 1 aromatic rings. The van der Waals surface area contributed by atoms with Gasteiger partial charge < -0.3 is 15.5 Å². The molecule has 6 nitrogen and oxygen atoms in total. The highest BCUT2D eigenvalue weighted by atomic mass is 16.4. The zero-order chi connectivity index (χ0) is 13.7. The van der Waals surface area contributed by atoms with E-state index in [9.17, 15) is 9.90 Å². The van der Waals surface area contributed by atoms with Crippen LogP contribution >= 0.6 is 0 Å². The average Bonchev–Trinajstić information content (AvgIpc) is 2.65. The van der Waals surface area contributed by atoms with Crippen LogP contribution in [0.5, 0.6) is 0 Å². The molecule has 0 aliphatic rings. The largest absolute Gasteiger partial charge is 0.478 e. The number of nitrogens with zero attached hydrogens (tertiary/aromatic N) is 2. The zero-order valence-corrected chi connectivity index (χ0v) is 11.1. The van der Waals surface area contributed by atoms with Gasteiger partial charge in [-0.15, -0.1) is 0 Å². The van der Waals surface area contributed by atoms with Gasteiger partial charge in [-0.3, -0.25) is 4.68 Å². The van der Waals surface area contributed by atoms with Crippen LogP contribution in [-0.2, 0) is 13.6 Å². The third kappa shape index (κ3) is 3.82. The number of carboxylic acids is 1. The first kappa shape index (κ1) is 14.7. The van der Waals surface area contributed by atoms with Crippen molar-refractivity contribution in [1.82, 2.24) is 15.1 Å². The molecular formula is C12H21N3O3. The first-order valence-electron chi connectivity index (χ1n) is 6.04. The summed E-state index contributed by atoms with van der Waals surface area (Å²) in [5, 5.41) is 25.4. The van der Waals surface area contributed by atoms with E-state index in [2.05, 4.69) is 24.3 Å². The van der Waals surface area contributed by atoms with E-state index in [0.717, 1.165) is 6.42 Å². The molecule has 6 heteroatoms. The summed E-state index contributed by atoms with van der Waals surface area (Å²) in [6.07, 6.45) is 2.19. The number of hydrogen-bond donors (Lipinski definition) is 3. The molecule has 0 spiro atoms. The summed E-state index contributed by atoms with van der Waals surface area (Å²) in [4.78, 5) is 11.0. The Balaban J connectivity index is 2.67. The number of rotatable bonds is 7. The van der Waals surface area contributed by atoms with Gasteiger partial charge in [0.05, 0.1) is 18.5 Å². The number of aromatic carboxylic acids is 1. The van der Waals surface area contributed by atoms with Crippen LogP contribution in [0, 0.1) is 5.92 Å². The van der Waals surface area contributed by atoms with Gasteiger partial charge in [0.15, 0.2) is 0 Å². The van der Waals surface area contributed by atoms with Crippen LogP contribution in [-0.4, -0.2) is 38.6 Å². The molecule has 0 aromatic carbocycles. The van der Waals surface area contributed by atoms with Gasteiger partial charge in [-0.05, 0) is 12.3 Å². The summed E-state index contributed by atoms with van der Waals surface area (Å²) in [6, 6.07) is -0.0263. The maximum atomic E-state index is 11.0. The van der Waals surface area contributed by atoms with Crippen LogP contribution in [0.3, 0.4) is 0 Å². The van der Waals surface area contributed by atoms with Gasteiger partial charge in [-0.1, -0.05) is 13.8 Å². The van der Waals surface area contributed by atoms with Crippen LogP contribution in [0.1, 0.15) is 36.3 Å². The molecule has 1 heterocycles. The fourth-order valence-electron chi connectivity index (χ4n) is 1.88. The van der Waals surface area contributed by atoms with Gasteiger partial charge in [-0.25, -0.2) is 4.79 Å². The monoisotopic (exact) mass is 255 g/mol. The molecule has 102 valence electrons. The van der Waals surface area contributed by atoms with E-state index in [1.165, 1.54) is 6.20 Å². The van der Waals surface area contributed by atoms with Gasteiger partial charge in [0.2, 0.25) is 0 Å². The molecule has 18 heavy (non-hydrogen) atoms. The fraction of sp³-hybridized carbons (Fsp3) is 0.667. The summed E-state index contributed by atoms with van der Waals surface area (Å²) in [7, 11) is 1.71. The minimum absolute atomic E-state index is 0.0263. The van der Waals surface area contributed by atoms with Crippen molar-refractivity contribution in [2.75, 3.05) is 6.61 Å². The maximum absolute atomic E-state index is 11.0. The predicted octanol–water partition coefficient (Wildman–Crippen LogP) is 0.615. The minimum atomic E-state index is -0.982. The molecule has 0 bridgehead atoms. The number of carboxylic acid groups (broad SMARTS) is 1. The molecule has 1 unspecified atom stereocenters. The Morgan fingerprint density at radius 2 is 2.22 bits per heavy atom. The molecule has 0 aliphatic heterocycles. The van der Waals surface area contributed by atoms with Gasteiger partial charge in [0.25, 0.3) is 0 Å². The van der Waals surface area contributed by atoms with Crippen molar-refractivity contribution in [2.45, 2.75) is 32.9 Å². The SMILES string of the molecule is CC(C)CC(CO)NCc1c(C(=O)O)cnn1C. The zero-order valence-electron chi connectivity index (χ0n) is 11.1. The van der Waals surface area contributed by atoms with Crippen LogP contribution in [0.15, 0.2) is 6.20 Å². The van der Waals surface area contributed by atoms with E-state index in [1.807, 2.05) is 0 Å². The van der Waals surface area contributed by atoms with Crippen molar-refractivity contribution in [3.8, 4) is 0 Å². The number of aromatic nitrogens is 2. The van der Waals surface area contributed by atoms with Crippen LogP contribution < -0.4 is 5.32 Å². The Bertz CT molecular complexity index is 401. The second-order valence-electron chi connectivity index (χ2n) is 4.82. The third-order valence-electron chi connectivity index (χ3n) is 2.83. The van der Waals surface area contributed by atoms with Gasteiger partial charge >= 0.3 is 5.97 Å². The Morgan fingerprint density at radius 3 is 2.72 bits per heavy atom. The number of nitrogens with one attached hydrogen (secondary N) is 1. The lowest BCUT2D eigenvalue weighted by Gasteiger charge is -2.18. The lowest BCUT2D eigenvalue weighted by atomic mass is 10.0. The van der Waals surface area contributed by atoms with E-state index >= 15 is 0 Å². The molecule has 1 aromatic heterocycles. The molecule has 1 rings (SSSR count). The van der Waals surface area contributed by atoms with Crippen molar-refractivity contribution in [3.05, 3.63) is 17.5 Å². The van der Waals surface area contributed by atoms with Gasteiger partial charge in [-0.2, -0.15) is 5.10 Å². The van der Waals surface area contributed by atoms with Crippen molar-refractivity contribution in [1.29, 1.82) is 0 Å². The molecule has 0 radical (unpaired) electrons. The quantitative estimate of drug-likeness (QED) is 0.664. The van der Waals surface area contributed by atoms with E-state index < -0.39 is 5.97 Å². The van der Waals surface area contributed by atoms with Crippen LogP contribution in [0.2, 0.25) is 0 Å². The van der Waals surface area contributed by atoms with E-state index in [4.69, 9.17) is 5.11 Å². The topological polar surface area (TPSA) is 87.4 Å². The number of aliphatic hydroxyl groups excluding tert-OH is 1. The number of carbonyl (C=O) groups is 1. The predicted molar refractivity (Wildman–Crippen MR) is 67.3 cm³/mol. The fourth-order valence-corrected chi connectivity index (χ4v) is 1.88. The second-order valence-corrected chi connectivity index (χ2v) is 4.82. The third-order valence-corrected chi connectivity index (χ3v) is 2.83. The number of aliphatic hydroxyl groups is 1. The Labute approximate surface area is 107 Å². The Morgan fingerprint density at radius 1 is 1.56 bits per heavy atom. The highest BCUT2D eigenvalue weighted by Gasteiger charge is 2.16. The van der Waals surface area contributed by atoms with Gasteiger partial charge in [0, 0.05) is 19.6 Å². The minimum Gasteiger partial charge on any atom is -0.478 e. The molecule has 1 atom stereocenters. The summed E-state index contributed by atoms with van der Waals surface area (Å²) in [5.41, 5.74) is 0.816. The molecule has 0 saturated heterocycles. The smallest absolute Gasteiger partial charge is 0.339 e. The van der Waals surface area contributed by atoms with Crippen molar-refractivity contribution >= 4 is 5.97 Å². The maximum Gasteiger partial charge on any atom is 0.339 e. The van der Waals surface area contributed by atoms with E-state index in [0.29, 0.717) is 18.2 Å².